The van der Waals surface area contributed by atoms with Gasteiger partial charge in [-0.15, -0.1) is 0 Å². The number of allylic oxidation sites excluding steroid dienone is 6. The second-order valence-corrected chi connectivity index (χ2v) is 8.28. The van der Waals surface area contributed by atoms with Crippen molar-refractivity contribution in [3.63, 3.8) is 0 Å². The van der Waals surface area contributed by atoms with Gasteiger partial charge in [0.2, 0.25) is 0 Å². The molecule has 2 heterocycles. The summed E-state index contributed by atoms with van der Waals surface area (Å²) in [7, 11) is 0. The van der Waals surface area contributed by atoms with Crippen LogP contribution in [0.4, 0.5) is 0 Å². The van der Waals surface area contributed by atoms with E-state index in [1.807, 2.05) is 32.2 Å². The predicted molar refractivity (Wildman–Crippen MR) is 126 cm³/mol. The molecule has 2 aliphatic heterocycles. The molecule has 0 saturated heterocycles. The van der Waals surface area contributed by atoms with Gasteiger partial charge < -0.3 is 15.8 Å². The summed E-state index contributed by atoms with van der Waals surface area (Å²) in [6.45, 7) is 10.9. The van der Waals surface area contributed by atoms with E-state index >= 15 is 0 Å². The van der Waals surface area contributed by atoms with Gasteiger partial charge in [0.05, 0.1) is 13.2 Å². The molecule has 6 heteroatoms. The highest BCUT2D eigenvalue weighted by Crippen LogP contribution is 2.47. The Kier molecular flexibility index (Phi) is 9.14. The summed E-state index contributed by atoms with van der Waals surface area (Å²) in [5.74, 6) is -0.378. The van der Waals surface area contributed by atoms with E-state index < -0.39 is 5.92 Å². The minimum absolute atomic E-state index is 0.0699. The third-order valence-electron chi connectivity index (χ3n) is 5.98. The lowest BCUT2D eigenvalue weighted by Gasteiger charge is -2.41. The number of nitrogens with zero attached hydrogens (tertiary/aromatic N) is 1. The van der Waals surface area contributed by atoms with Crippen molar-refractivity contribution in [1.82, 2.24) is 5.32 Å². The molecule has 3 aliphatic rings. The van der Waals surface area contributed by atoms with Crippen molar-refractivity contribution in [2.45, 2.75) is 60.3 Å². The highest BCUT2D eigenvalue weighted by atomic mass is 16.5. The number of carbonyl (C=O) groups excluding carboxylic acids is 2. The number of aliphatic imine (C=N–C) groups is 1. The van der Waals surface area contributed by atoms with E-state index in [1.165, 1.54) is 0 Å². The van der Waals surface area contributed by atoms with Gasteiger partial charge in [-0.3, -0.25) is 14.6 Å². The van der Waals surface area contributed by atoms with Crippen LogP contribution in [0.1, 0.15) is 60.3 Å². The first-order valence-electron chi connectivity index (χ1n) is 11.3. The summed E-state index contributed by atoms with van der Waals surface area (Å²) < 4.78 is 5.68. The Morgan fingerprint density at radius 2 is 2.10 bits per heavy atom. The molecule has 3 rings (SSSR count). The number of carbonyl (C=O) groups is 2. The fourth-order valence-electron chi connectivity index (χ4n) is 4.30. The molecule has 170 valence electrons. The predicted octanol–water partition coefficient (Wildman–Crippen LogP) is 4.00. The minimum atomic E-state index is -0.416. The SMILES string of the molecule is CC.CCC1(C)CC(=O)C2=C(C1)NC(COCCN)=C(C(C)=O)C2C1=CN=CCC=C1. The zero-order valence-electron chi connectivity index (χ0n) is 19.6. The molecule has 0 fully saturated rings. The normalized spacial score (nSPS) is 25.3. The van der Waals surface area contributed by atoms with Gasteiger partial charge in [0.25, 0.3) is 0 Å². The number of nitrogens with two attached hydrogens (primary N) is 1. The zero-order chi connectivity index (χ0) is 23.0. The molecule has 0 aromatic rings. The molecule has 31 heavy (non-hydrogen) atoms. The quantitative estimate of drug-likeness (QED) is 0.599. The van der Waals surface area contributed by atoms with E-state index in [9.17, 15) is 9.59 Å². The average Bonchev–Trinajstić information content (AvgIpc) is 3.03. The largest absolute Gasteiger partial charge is 0.374 e. The molecule has 0 aromatic carbocycles. The Morgan fingerprint density at radius 3 is 2.74 bits per heavy atom. The third-order valence-corrected chi connectivity index (χ3v) is 5.98. The number of rotatable bonds is 7. The van der Waals surface area contributed by atoms with Crippen molar-refractivity contribution in [3.05, 3.63) is 46.5 Å². The van der Waals surface area contributed by atoms with E-state index in [0.29, 0.717) is 30.7 Å². The molecule has 1 aliphatic carbocycles. The average molecular weight is 428 g/mol. The van der Waals surface area contributed by atoms with Gasteiger partial charge in [-0.2, -0.15) is 0 Å². The molecule has 0 amide bonds. The smallest absolute Gasteiger partial charge is 0.162 e. The molecule has 2 atom stereocenters. The number of Topliss-reactive ketones (excluding diaryl/α,β-unsaturated/α-hetero) is 2. The highest BCUT2D eigenvalue weighted by Gasteiger charge is 2.43. The van der Waals surface area contributed by atoms with Gasteiger partial charge in [0.1, 0.15) is 0 Å². The Labute approximate surface area is 186 Å². The van der Waals surface area contributed by atoms with Gasteiger partial charge in [0.15, 0.2) is 11.6 Å². The molecule has 0 aromatic heterocycles. The molecule has 0 spiro atoms. The van der Waals surface area contributed by atoms with Gasteiger partial charge in [-0.1, -0.05) is 39.8 Å². The monoisotopic (exact) mass is 427 g/mol. The Hall–Kier alpha value is -2.31. The summed E-state index contributed by atoms with van der Waals surface area (Å²) in [6, 6.07) is 0. The molecular formula is C25H37N3O3. The summed E-state index contributed by atoms with van der Waals surface area (Å²) in [5.41, 5.74) is 9.27. The van der Waals surface area contributed by atoms with Crippen molar-refractivity contribution in [2.24, 2.45) is 22.1 Å². The zero-order valence-corrected chi connectivity index (χ0v) is 19.6. The van der Waals surface area contributed by atoms with E-state index in [0.717, 1.165) is 36.2 Å². The lowest BCUT2D eigenvalue weighted by atomic mass is 9.66. The fraction of sp³-hybridized carbons (Fsp3) is 0.560. The number of ketones is 2. The van der Waals surface area contributed by atoms with Gasteiger partial charge in [0, 0.05) is 60.3 Å². The maximum absolute atomic E-state index is 13.3. The molecule has 0 radical (unpaired) electrons. The summed E-state index contributed by atoms with van der Waals surface area (Å²) in [5, 5.41) is 3.41. The van der Waals surface area contributed by atoms with Crippen LogP contribution in [0.5, 0.6) is 0 Å². The van der Waals surface area contributed by atoms with Crippen LogP contribution in [0.15, 0.2) is 51.5 Å². The Balaban J connectivity index is 0.00000166. The first kappa shape index (κ1) is 25.0. The van der Waals surface area contributed by atoms with Crippen molar-refractivity contribution in [2.75, 3.05) is 19.8 Å². The maximum atomic E-state index is 13.3. The minimum Gasteiger partial charge on any atom is -0.374 e. The standard InChI is InChI=1S/C23H31N3O3.C2H6/c1-4-23(3)11-17-22(19(28)12-23)21(16-7-5-6-9-25-13-16)20(15(2)27)18(26-17)14-29-10-8-24;1-2/h5,7,9,13,21,26H,4,6,8,10-12,14,24H2,1-3H3;1-2H3. The van der Waals surface area contributed by atoms with Crippen molar-refractivity contribution in [3.8, 4) is 0 Å². The summed E-state index contributed by atoms with van der Waals surface area (Å²) >= 11 is 0. The highest BCUT2D eigenvalue weighted by molar-refractivity contribution is 6.04. The second kappa shape index (κ2) is 11.3. The molecule has 0 saturated carbocycles. The number of dihydropyridines is 1. The summed E-state index contributed by atoms with van der Waals surface area (Å²) in [4.78, 5) is 30.4. The van der Waals surface area contributed by atoms with E-state index in [2.05, 4.69) is 24.2 Å². The van der Waals surface area contributed by atoms with Gasteiger partial charge in [-0.25, -0.2) is 0 Å². The molecule has 0 bridgehead atoms. The molecule has 2 unspecified atom stereocenters. The van der Waals surface area contributed by atoms with Crippen molar-refractivity contribution >= 4 is 17.8 Å². The molecule has 3 N–H and O–H groups in total. The lowest BCUT2D eigenvalue weighted by Crippen LogP contribution is -2.41. The lowest BCUT2D eigenvalue weighted by molar-refractivity contribution is -0.119. The van der Waals surface area contributed by atoms with Gasteiger partial charge >= 0.3 is 0 Å². The van der Waals surface area contributed by atoms with Crippen LogP contribution in [0.2, 0.25) is 0 Å². The van der Waals surface area contributed by atoms with Crippen LogP contribution in [-0.4, -0.2) is 37.5 Å². The first-order valence-corrected chi connectivity index (χ1v) is 11.3. The fourth-order valence-corrected chi connectivity index (χ4v) is 4.30. The van der Waals surface area contributed by atoms with E-state index in [4.69, 9.17) is 10.5 Å². The number of nitrogens with one attached hydrogen (secondary N) is 1. The van der Waals surface area contributed by atoms with Crippen LogP contribution < -0.4 is 11.1 Å². The van der Waals surface area contributed by atoms with Crippen LogP contribution in [0.25, 0.3) is 0 Å². The van der Waals surface area contributed by atoms with Crippen molar-refractivity contribution in [1.29, 1.82) is 0 Å². The van der Waals surface area contributed by atoms with Crippen LogP contribution in [0.3, 0.4) is 0 Å². The van der Waals surface area contributed by atoms with E-state index in [-0.39, 0.29) is 23.6 Å². The first-order chi connectivity index (χ1) is 14.9. The second-order valence-electron chi connectivity index (χ2n) is 8.28. The Morgan fingerprint density at radius 1 is 1.35 bits per heavy atom. The summed E-state index contributed by atoms with van der Waals surface area (Å²) in [6.07, 6.45) is 10.5. The van der Waals surface area contributed by atoms with Crippen molar-refractivity contribution < 1.29 is 14.3 Å². The van der Waals surface area contributed by atoms with Gasteiger partial charge in [-0.05, 0) is 30.8 Å². The third kappa shape index (κ3) is 5.69. The van der Waals surface area contributed by atoms with Crippen LogP contribution >= 0.6 is 0 Å². The van der Waals surface area contributed by atoms with Crippen LogP contribution in [0, 0.1) is 11.3 Å². The maximum Gasteiger partial charge on any atom is 0.162 e. The molecular weight excluding hydrogens is 390 g/mol. The van der Waals surface area contributed by atoms with E-state index in [1.54, 1.807) is 13.1 Å². The number of hydrogen-bond donors (Lipinski definition) is 2. The number of hydrogen-bond acceptors (Lipinski definition) is 6. The molecule has 6 nitrogen and oxygen atoms in total. The van der Waals surface area contributed by atoms with Crippen LogP contribution in [-0.2, 0) is 14.3 Å². The Bertz CT molecular complexity index is 848. The topological polar surface area (TPSA) is 93.8 Å². The number of ether oxygens (including phenoxy) is 1.